The predicted octanol–water partition coefficient (Wildman–Crippen LogP) is 2.92. The van der Waals surface area contributed by atoms with Crippen molar-refractivity contribution >= 4 is 11.6 Å². The number of amides is 1. The van der Waals surface area contributed by atoms with E-state index < -0.39 is 0 Å². The Morgan fingerprint density at radius 2 is 1.95 bits per heavy atom. The summed E-state index contributed by atoms with van der Waals surface area (Å²) in [4.78, 5) is 18.7. The quantitative estimate of drug-likeness (QED) is 0.901. The van der Waals surface area contributed by atoms with Crippen LogP contribution in [0.2, 0.25) is 0 Å². The lowest BCUT2D eigenvalue weighted by Crippen LogP contribution is -2.42. The second-order valence-corrected chi connectivity index (χ2v) is 6.17. The van der Waals surface area contributed by atoms with Crippen LogP contribution in [0.25, 0.3) is 0 Å². The second kappa shape index (κ2) is 5.43. The molecule has 2 fully saturated rings. The number of rotatable bonds is 2. The fourth-order valence-electron chi connectivity index (χ4n) is 3.76. The number of hydrogen-bond acceptors (Lipinski definition) is 3. The molecule has 3 rings (SSSR count). The average molecular weight is 273 g/mol. The lowest BCUT2D eigenvalue weighted by Gasteiger charge is -2.39. The third-order valence-electron chi connectivity index (χ3n) is 5.10. The fraction of sp³-hybridized carbons (Fsp3) is 0.625. The van der Waals surface area contributed by atoms with Crippen molar-refractivity contribution < 1.29 is 4.79 Å². The highest BCUT2D eigenvalue weighted by molar-refractivity contribution is 5.99. The summed E-state index contributed by atoms with van der Waals surface area (Å²) in [6, 6.07) is 1.81. The summed E-state index contributed by atoms with van der Waals surface area (Å²) in [6.07, 6.45) is 11.3. The summed E-state index contributed by atoms with van der Waals surface area (Å²) in [5.41, 5.74) is 2.12. The number of anilines is 1. The molecule has 4 nitrogen and oxygen atoms in total. The van der Waals surface area contributed by atoms with Crippen LogP contribution in [-0.2, 0) is 0 Å². The van der Waals surface area contributed by atoms with E-state index in [0.29, 0.717) is 5.41 Å². The molecule has 1 aliphatic carbocycles. The number of nitrogens with zero attached hydrogens (tertiary/aromatic N) is 2. The molecule has 1 amide bonds. The van der Waals surface area contributed by atoms with E-state index in [1.54, 1.807) is 12.4 Å². The molecular formula is C16H23N3O. The third kappa shape index (κ3) is 2.39. The Morgan fingerprint density at radius 1 is 1.25 bits per heavy atom. The Morgan fingerprint density at radius 3 is 2.60 bits per heavy atom. The molecule has 20 heavy (non-hydrogen) atoms. The smallest absolute Gasteiger partial charge is 0.256 e. The highest BCUT2D eigenvalue weighted by Gasteiger charge is 2.38. The molecular weight excluding hydrogens is 250 g/mol. The summed E-state index contributed by atoms with van der Waals surface area (Å²) < 4.78 is 0. The van der Waals surface area contributed by atoms with Crippen LogP contribution in [0.1, 0.15) is 48.9 Å². The highest BCUT2D eigenvalue weighted by atomic mass is 16.2. The zero-order valence-corrected chi connectivity index (χ0v) is 12.2. The molecule has 0 bridgehead atoms. The van der Waals surface area contributed by atoms with E-state index in [9.17, 15) is 4.79 Å². The first-order valence-corrected chi connectivity index (χ1v) is 7.65. The molecule has 1 aromatic rings. The van der Waals surface area contributed by atoms with E-state index in [2.05, 4.69) is 10.3 Å². The minimum atomic E-state index is 0.143. The maximum atomic E-state index is 12.6. The molecule has 0 aromatic carbocycles. The molecule has 4 heteroatoms. The van der Waals surface area contributed by atoms with E-state index in [-0.39, 0.29) is 5.91 Å². The molecule has 0 atom stereocenters. The van der Waals surface area contributed by atoms with Gasteiger partial charge in [-0.2, -0.15) is 0 Å². The molecule has 2 aliphatic rings. The molecule has 2 heterocycles. The normalized spacial score (nSPS) is 21.1. The molecule has 1 aliphatic heterocycles. The van der Waals surface area contributed by atoms with Crippen LogP contribution in [0.3, 0.4) is 0 Å². The summed E-state index contributed by atoms with van der Waals surface area (Å²) in [5.74, 6) is 0.143. The van der Waals surface area contributed by atoms with Gasteiger partial charge >= 0.3 is 0 Å². The van der Waals surface area contributed by atoms with Crippen molar-refractivity contribution in [2.75, 3.05) is 25.5 Å². The first-order valence-electron chi connectivity index (χ1n) is 7.65. The van der Waals surface area contributed by atoms with Gasteiger partial charge in [0.25, 0.3) is 5.91 Å². The lowest BCUT2D eigenvalue weighted by atomic mass is 9.77. The molecule has 1 saturated carbocycles. The van der Waals surface area contributed by atoms with Gasteiger partial charge in [0, 0.05) is 26.3 Å². The van der Waals surface area contributed by atoms with Crippen LogP contribution in [0.15, 0.2) is 18.5 Å². The van der Waals surface area contributed by atoms with Gasteiger partial charge in [-0.15, -0.1) is 0 Å². The standard InChI is InChI=1S/C16H23N3O/c1-17-14-12-18-9-4-13(14)15(20)19-10-7-16(8-11-19)5-2-3-6-16/h4,9,12,17H,2-3,5-8,10-11H2,1H3. The summed E-state index contributed by atoms with van der Waals surface area (Å²) >= 11 is 0. The first kappa shape index (κ1) is 13.4. The van der Waals surface area contributed by atoms with Crippen LogP contribution < -0.4 is 5.32 Å². The Balaban J connectivity index is 1.70. The highest BCUT2D eigenvalue weighted by Crippen LogP contribution is 2.46. The molecule has 1 N–H and O–H groups in total. The van der Waals surface area contributed by atoms with Gasteiger partial charge in [-0.25, -0.2) is 0 Å². The van der Waals surface area contributed by atoms with Crippen molar-refractivity contribution in [2.45, 2.75) is 38.5 Å². The van der Waals surface area contributed by atoms with Crippen LogP contribution in [0.5, 0.6) is 0 Å². The molecule has 0 radical (unpaired) electrons. The molecule has 0 unspecified atom stereocenters. The molecule has 1 saturated heterocycles. The van der Waals surface area contributed by atoms with E-state index in [1.165, 1.54) is 38.5 Å². The lowest BCUT2D eigenvalue weighted by molar-refractivity contribution is 0.0588. The van der Waals surface area contributed by atoms with Crippen LogP contribution >= 0.6 is 0 Å². The number of nitrogens with one attached hydrogen (secondary N) is 1. The predicted molar refractivity (Wildman–Crippen MR) is 79.8 cm³/mol. The summed E-state index contributed by atoms with van der Waals surface area (Å²) in [6.45, 7) is 1.81. The van der Waals surface area contributed by atoms with Crippen LogP contribution in [0, 0.1) is 5.41 Å². The minimum absolute atomic E-state index is 0.143. The number of aromatic nitrogens is 1. The number of hydrogen-bond donors (Lipinski definition) is 1. The van der Waals surface area contributed by atoms with E-state index in [0.717, 1.165) is 24.3 Å². The summed E-state index contributed by atoms with van der Waals surface area (Å²) in [7, 11) is 1.83. The van der Waals surface area contributed by atoms with Crippen LogP contribution in [-0.4, -0.2) is 35.9 Å². The van der Waals surface area contributed by atoms with Crippen molar-refractivity contribution in [3.8, 4) is 0 Å². The van der Waals surface area contributed by atoms with Gasteiger partial charge in [0.05, 0.1) is 17.4 Å². The minimum Gasteiger partial charge on any atom is -0.386 e. The molecule has 108 valence electrons. The van der Waals surface area contributed by atoms with Gasteiger partial charge < -0.3 is 10.2 Å². The number of carbonyl (C=O) groups excluding carboxylic acids is 1. The van der Waals surface area contributed by atoms with Gasteiger partial charge in [0.2, 0.25) is 0 Å². The largest absolute Gasteiger partial charge is 0.386 e. The Bertz CT molecular complexity index is 484. The number of pyridine rings is 1. The van der Waals surface area contributed by atoms with Crippen molar-refractivity contribution in [3.63, 3.8) is 0 Å². The SMILES string of the molecule is CNc1cnccc1C(=O)N1CCC2(CCCC2)CC1. The fourth-order valence-corrected chi connectivity index (χ4v) is 3.76. The number of likely N-dealkylation sites (tertiary alicyclic amines) is 1. The average Bonchev–Trinajstić information content (AvgIpc) is 2.95. The van der Waals surface area contributed by atoms with Gasteiger partial charge in [0.15, 0.2) is 0 Å². The molecule has 1 spiro atoms. The number of piperidine rings is 1. The van der Waals surface area contributed by atoms with E-state index in [4.69, 9.17) is 0 Å². The van der Waals surface area contributed by atoms with Crippen molar-refractivity contribution in [1.29, 1.82) is 0 Å². The zero-order chi connectivity index (χ0) is 14.0. The monoisotopic (exact) mass is 273 g/mol. The van der Waals surface area contributed by atoms with Gasteiger partial charge in [-0.1, -0.05) is 12.8 Å². The second-order valence-electron chi connectivity index (χ2n) is 6.17. The first-order chi connectivity index (χ1) is 9.74. The van der Waals surface area contributed by atoms with Gasteiger partial charge in [0.1, 0.15) is 0 Å². The number of carbonyl (C=O) groups is 1. The van der Waals surface area contributed by atoms with Gasteiger partial charge in [-0.05, 0) is 37.2 Å². The Hall–Kier alpha value is -1.58. The third-order valence-corrected chi connectivity index (χ3v) is 5.10. The van der Waals surface area contributed by atoms with Crippen molar-refractivity contribution in [3.05, 3.63) is 24.0 Å². The van der Waals surface area contributed by atoms with Gasteiger partial charge in [-0.3, -0.25) is 9.78 Å². The van der Waals surface area contributed by atoms with E-state index >= 15 is 0 Å². The van der Waals surface area contributed by atoms with Crippen molar-refractivity contribution in [2.24, 2.45) is 5.41 Å². The Kier molecular flexibility index (Phi) is 3.64. The van der Waals surface area contributed by atoms with Crippen molar-refractivity contribution in [1.82, 2.24) is 9.88 Å². The summed E-state index contributed by atoms with van der Waals surface area (Å²) in [5, 5.41) is 3.05. The van der Waals surface area contributed by atoms with E-state index in [1.807, 2.05) is 18.0 Å². The topological polar surface area (TPSA) is 45.2 Å². The molecule has 1 aromatic heterocycles. The maximum absolute atomic E-state index is 12.6. The zero-order valence-electron chi connectivity index (χ0n) is 12.2. The maximum Gasteiger partial charge on any atom is 0.256 e. The Labute approximate surface area is 120 Å². The van der Waals surface area contributed by atoms with Crippen LogP contribution in [0.4, 0.5) is 5.69 Å².